The lowest BCUT2D eigenvalue weighted by atomic mass is 10.1. The molecule has 0 bridgehead atoms. The molecular weight excluding hydrogens is 274 g/mol. The second-order valence-electron chi connectivity index (χ2n) is 5.42. The van der Waals surface area contributed by atoms with E-state index < -0.39 is 0 Å². The van der Waals surface area contributed by atoms with Crippen LogP contribution in [0, 0.1) is 25.3 Å². The molecule has 0 aliphatic carbocycles. The van der Waals surface area contributed by atoms with Crippen LogP contribution in [0.25, 0.3) is 33.5 Å². The van der Waals surface area contributed by atoms with Gasteiger partial charge in [0.05, 0.1) is 16.6 Å². The van der Waals surface area contributed by atoms with Gasteiger partial charge in [0.1, 0.15) is 5.69 Å². The fourth-order valence-electron chi connectivity index (χ4n) is 2.70. The van der Waals surface area contributed by atoms with Crippen molar-refractivity contribution in [1.82, 2.24) is 19.7 Å². The van der Waals surface area contributed by atoms with E-state index in [1.807, 2.05) is 24.3 Å². The van der Waals surface area contributed by atoms with Gasteiger partial charge in [-0.05, 0) is 43.2 Å². The predicted molar refractivity (Wildman–Crippen MR) is 85.3 cm³/mol. The van der Waals surface area contributed by atoms with E-state index in [1.54, 1.807) is 0 Å². The normalized spacial score (nSPS) is 11.1. The van der Waals surface area contributed by atoms with E-state index >= 15 is 0 Å². The summed E-state index contributed by atoms with van der Waals surface area (Å²) >= 11 is 0. The number of aromatic amines is 1. The highest BCUT2D eigenvalue weighted by molar-refractivity contribution is 5.94. The van der Waals surface area contributed by atoms with Crippen LogP contribution in [0.15, 0.2) is 36.4 Å². The molecule has 4 rings (SSSR count). The molecule has 2 aromatic carbocycles. The van der Waals surface area contributed by atoms with Gasteiger partial charge in [-0.3, -0.25) is 0 Å². The highest BCUT2D eigenvalue weighted by atomic mass is 15.3. The van der Waals surface area contributed by atoms with Crippen LogP contribution in [-0.2, 0) is 0 Å². The molecule has 0 aliphatic rings. The van der Waals surface area contributed by atoms with Gasteiger partial charge < -0.3 is 4.98 Å². The summed E-state index contributed by atoms with van der Waals surface area (Å²) in [6.45, 7) is 4.15. The van der Waals surface area contributed by atoms with Crippen LogP contribution in [0.2, 0.25) is 0 Å². The lowest BCUT2D eigenvalue weighted by molar-refractivity contribution is 0.928. The maximum atomic E-state index is 9.23. The van der Waals surface area contributed by atoms with Crippen molar-refractivity contribution in [1.29, 1.82) is 5.26 Å². The SMILES string of the molecule is Cc1cc2nc(-c3nn(C#N)c4ccccc34)[nH]c2cc1C. The number of para-hydroxylation sites is 1. The summed E-state index contributed by atoms with van der Waals surface area (Å²) in [6.07, 6.45) is 2.08. The number of aryl methyl sites for hydroxylation is 2. The van der Waals surface area contributed by atoms with Gasteiger partial charge in [0.2, 0.25) is 6.19 Å². The van der Waals surface area contributed by atoms with Crippen LogP contribution in [-0.4, -0.2) is 19.7 Å². The van der Waals surface area contributed by atoms with Crippen molar-refractivity contribution in [2.24, 2.45) is 0 Å². The van der Waals surface area contributed by atoms with Crippen molar-refractivity contribution in [3.05, 3.63) is 47.5 Å². The quantitative estimate of drug-likeness (QED) is 0.582. The number of fused-ring (bicyclic) bond motifs is 2. The van der Waals surface area contributed by atoms with E-state index in [4.69, 9.17) is 0 Å². The minimum atomic E-state index is 0.685. The summed E-state index contributed by atoms with van der Waals surface area (Å²) in [5.74, 6) is 0.685. The number of H-pyrrole nitrogens is 1. The number of rotatable bonds is 1. The van der Waals surface area contributed by atoms with Crippen LogP contribution in [0.5, 0.6) is 0 Å². The molecule has 4 aromatic rings. The van der Waals surface area contributed by atoms with E-state index in [2.05, 4.69) is 47.2 Å². The van der Waals surface area contributed by atoms with Gasteiger partial charge in [-0.15, -0.1) is 0 Å². The van der Waals surface area contributed by atoms with E-state index in [9.17, 15) is 5.26 Å². The zero-order valence-electron chi connectivity index (χ0n) is 12.3. The van der Waals surface area contributed by atoms with Crippen LogP contribution in [0.1, 0.15) is 11.1 Å². The van der Waals surface area contributed by atoms with Crippen LogP contribution in [0.4, 0.5) is 0 Å². The van der Waals surface area contributed by atoms with Crippen molar-refractivity contribution >= 4 is 21.9 Å². The number of hydrogen-bond donors (Lipinski definition) is 1. The fraction of sp³-hybridized carbons (Fsp3) is 0.118. The van der Waals surface area contributed by atoms with Gasteiger partial charge in [0.25, 0.3) is 0 Å². The Hall–Kier alpha value is -3.13. The van der Waals surface area contributed by atoms with Crippen molar-refractivity contribution in [2.45, 2.75) is 13.8 Å². The Morgan fingerprint density at radius 1 is 1.14 bits per heavy atom. The van der Waals surface area contributed by atoms with Gasteiger partial charge in [0, 0.05) is 5.39 Å². The van der Waals surface area contributed by atoms with Gasteiger partial charge in [-0.2, -0.15) is 15.0 Å². The largest absolute Gasteiger partial charge is 0.337 e. The molecule has 106 valence electrons. The molecule has 0 saturated heterocycles. The minimum Gasteiger partial charge on any atom is -0.337 e. The second-order valence-corrected chi connectivity index (χ2v) is 5.42. The molecule has 22 heavy (non-hydrogen) atoms. The lowest BCUT2D eigenvalue weighted by Crippen LogP contribution is -1.90. The molecule has 0 spiro atoms. The van der Waals surface area contributed by atoms with Gasteiger partial charge in [-0.1, -0.05) is 18.2 Å². The molecule has 0 amide bonds. The average molecular weight is 287 g/mol. The standard InChI is InChI=1S/C17H13N5/c1-10-7-13-14(8-11(10)2)20-17(19-13)16-12-5-3-4-6-15(12)22(9-18)21-16/h3-8H,1-2H3,(H,19,20). The topological polar surface area (TPSA) is 70.3 Å². The number of imidazole rings is 1. The summed E-state index contributed by atoms with van der Waals surface area (Å²) in [5, 5.41) is 14.5. The first-order valence-electron chi connectivity index (χ1n) is 7.02. The fourth-order valence-corrected chi connectivity index (χ4v) is 2.70. The molecule has 2 aromatic heterocycles. The number of aromatic nitrogens is 4. The first kappa shape index (κ1) is 12.6. The monoisotopic (exact) mass is 287 g/mol. The molecule has 5 heteroatoms. The Morgan fingerprint density at radius 3 is 2.73 bits per heavy atom. The molecule has 0 fully saturated rings. The molecule has 0 unspecified atom stereocenters. The van der Waals surface area contributed by atoms with Gasteiger partial charge >= 0.3 is 0 Å². The molecule has 1 N–H and O–H groups in total. The Labute approximate surface area is 126 Å². The third kappa shape index (κ3) is 1.71. The Bertz CT molecular complexity index is 1020. The Morgan fingerprint density at radius 2 is 1.91 bits per heavy atom. The smallest absolute Gasteiger partial charge is 0.206 e. The zero-order valence-corrected chi connectivity index (χ0v) is 12.3. The van der Waals surface area contributed by atoms with Crippen molar-refractivity contribution in [3.8, 4) is 17.7 Å². The third-order valence-electron chi connectivity index (χ3n) is 4.00. The number of hydrogen-bond acceptors (Lipinski definition) is 3. The summed E-state index contributed by atoms with van der Waals surface area (Å²) in [4.78, 5) is 7.95. The average Bonchev–Trinajstić information content (AvgIpc) is 3.08. The van der Waals surface area contributed by atoms with Crippen molar-refractivity contribution in [2.75, 3.05) is 0 Å². The number of nitrogens with one attached hydrogen (secondary N) is 1. The number of benzene rings is 2. The second kappa shape index (κ2) is 4.43. The lowest BCUT2D eigenvalue weighted by Gasteiger charge is -1.97. The molecule has 2 heterocycles. The summed E-state index contributed by atoms with van der Waals surface area (Å²) in [5.41, 5.74) is 5.80. The van der Waals surface area contributed by atoms with E-state index in [0.717, 1.165) is 21.9 Å². The van der Waals surface area contributed by atoms with Gasteiger partial charge in [-0.25, -0.2) is 4.98 Å². The first-order valence-corrected chi connectivity index (χ1v) is 7.02. The number of nitriles is 1. The van der Waals surface area contributed by atoms with E-state index in [0.29, 0.717) is 11.5 Å². The Balaban J connectivity index is 2.01. The van der Waals surface area contributed by atoms with Gasteiger partial charge in [0.15, 0.2) is 5.82 Å². The van der Waals surface area contributed by atoms with Crippen molar-refractivity contribution < 1.29 is 0 Å². The third-order valence-corrected chi connectivity index (χ3v) is 4.00. The molecular formula is C17H13N5. The Kier molecular flexibility index (Phi) is 2.54. The minimum absolute atomic E-state index is 0.685. The van der Waals surface area contributed by atoms with Crippen LogP contribution < -0.4 is 0 Å². The summed E-state index contributed by atoms with van der Waals surface area (Å²) in [6, 6.07) is 11.8. The summed E-state index contributed by atoms with van der Waals surface area (Å²) in [7, 11) is 0. The molecule has 0 radical (unpaired) electrons. The maximum Gasteiger partial charge on any atom is 0.206 e. The van der Waals surface area contributed by atoms with Crippen LogP contribution in [0.3, 0.4) is 0 Å². The molecule has 5 nitrogen and oxygen atoms in total. The highest BCUT2D eigenvalue weighted by Crippen LogP contribution is 2.28. The molecule has 0 aliphatic heterocycles. The molecule has 0 saturated carbocycles. The highest BCUT2D eigenvalue weighted by Gasteiger charge is 2.15. The van der Waals surface area contributed by atoms with E-state index in [-0.39, 0.29) is 0 Å². The van der Waals surface area contributed by atoms with E-state index in [1.165, 1.54) is 15.8 Å². The molecule has 0 atom stereocenters. The predicted octanol–water partition coefficient (Wildman–Crippen LogP) is 3.53. The van der Waals surface area contributed by atoms with Crippen molar-refractivity contribution in [3.63, 3.8) is 0 Å². The zero-order chi connectivity index (χ0) is 15.3. The number of nitrogens with zero attached hydrogens (tertiary/aromatic N) is 4. The summed E-state index contributed by atoms with van der Waals surface area (Å²) < 4.78 is 1.33. The first-order chi connectivity index (χ1) is 10.7. The van der Waals surface area contributed by atoms with Crippen LogP contribution >= 0.6 is 0 Å². The maximum absolute atomic E-state index is 9.23.